The van der Waals surface area contributed by atoms with Crippen molar-refractivity contribution in [3.05, 3.63) is 211 Å². The molecule has 0 aliphatic carbocycles. The van der Waals surface area contributed by atoms with E-state index in [1.165, 1.54) is 32.9 Å². The average Bonchev–Trinajstić information content (AvgIpc) is 3.61. The minimum atomic E-state index is 0.0898. The molecule has 0 fully saturated rings. The fourth-order valence-electron chi connectivity index (χ4n) is 7.52. The number of nitrogens with zero attached hydrogens (tertiary/aromatic N) is 4. The second-order valence-electron chi connectivity index (χ2n) is 13.7. The maximum atomic E-state index is 9.06. The smallest absolute Gasteiger partial charge is 0.130 e. The molecular formula is C52H34N4. The van der Waals surface area contributed by atoms with Crippen molar-refractivity contribution in [3.63, 3.8) is 0 Å². The van der Waals surface area contributed by atoms with Crippen LogP contribution in [0.1, 0.15) is 5.56 Å². The monoisotopic (exact) mass is 714 g/mol. The Morgan fingerprint density at radius 1 is 0.411 bits per heavy atom. The van der Waals surface area contributed by atoms with Crippen LogP contribution in [0.2, 0.25) is 0 Å². The molecule has 0 saturated carbocycles. The number of allylic oxidation sites excluding steroid dienone is 1. The summed E-state index contributed by atoms with van der Waals surface area (Å²) in [6.45, 7) is 0. The third-order valence-electron chi connectivity index (χ3n) is 10.3. The Kier molecular flexibility index (Phi) is 8.98. The van der Waals surface area contributed by atoms with Crippen LogP contribution in [0.15, 0.2) is 206 Å². The predicted octanol–water partition coefficient (Wildman–Crippen LogP) is 13.7. The number of nitriles is 2. The molecule has 262 valence electrons. The van der Waals surface area contributed by atoms with Crippen LogP contribution in [0, 0.1) is 22.7 Å². The summed E-state index contributed by atoms with van der Waals surface area (Å²) in [7, 11) is 0. The van der Waals surface area contributed by atoms with Gasteiger partial charge in [-0.15, -0.1) is 0 Å². The van der Waals surface area contributed by atoms with Gasteiger partial charge in [-0.1, -0.05) is 133 Å². The molecule has 0 amide bonds. The summed E-state index contributed by atoms with van der Waals surface area (Å²) in [4.78, 5) is 2.29. The Bertz CT molecular complexity index is 2910. The van der Waals surface area contributed by atoms with Gasteiger partial charge in [-0.25, -0.2) is 0 Å². The lowest BCUT2D eigenvalue weighted by molar-refractivity contribution is 1.18. The second kappa shape index (κ2) is 14.8. The Morgan fingerprint density at radius 3 is 1.41 bits per heavy atom. The van der Waals surface area contributed by atoms with Crippen molar-refractivity contribution in [1.82, 2.24) is 4.57 Å². The molecule has 1 heterocycles. The highest BCUT2D eigenvalue weighted by molar-refractivity contribution is 6.10. The van der Waals surface area contributed by atoms with E-state index in [2.05, 4.69) is 179 Å². The summed E-state index contributed by atoms with van der Waals surface area (Å²) < 4.78 is 2.35. The zero-order valence-corrected chi connectivity index (χ0v) is 30.4. The van der Waals surface area contributed by atoms with Gasteiger partial charge in [0.2, 0.25) is 0 Å². The number of para-hydroxylation sites is 3. The van der Waals surface area contributed by atoms with Crippen molar-refractivity contribution in [2.24, 2.45) is 0 Å². The van der Waals surface area contributed by atoms with Crippen LogP contribution in [0.3, 0.4) is 0 Å². The molecule has 9 rings (SSSR count). The Hall–Kier alpha value is -7.92. The van der Waals surface area contributed by atoms with E-state index in [1.807, 2.05) is 42.5 Å². The maximum Gasteiger partial charge on any atom is 0.130 e. The molecule has 0 aliphatic rings. The van der Waals surface area contributed by atoms with E-state index < -0.39 is 0 Å². The van der Waals surface area contributed by atoms with Crippen LogP contribution in [-0.2, 0) is 0 Å². The van der Waals surface area contributed by atoms with Crippen molar-refractivity contribution < 1.29 is 0 Å². The molecule has 0 spiro atoms. The lowest BCUT2D eigenvalue weighted by Gasteiger charge is -2.26. The highest BCUT2D eigenvalue weighted by Gasteiger charge is 2.15. The van der Waals surface area contributed by atoms with E-state index in [0.29, 0.717) is 0 Å². The molecule has 8 aromatic carbocycles. The molecule has 0 bridgehead atoms. The van der Waals surface area contributed by atoms with Gasteiger partial charge in [0.25, 0.3) is 0 Å². The van der Waals surface area contributed by atoms with Gasteiger partial charge in [0.05, 0.1) is 11.0 Å². The van der Waals surface area contributed by atoms with E-state index in [1.54, 1.807) is 6.08 Å². The van der Waals surface area contributed by atoms with Crippen LogP contribution in [0.4, 0.5) is 17.1 Å². The van der Waals surface area contributed by atoms with Gasteiger partial charge in [0.15, 0.2) is 0 Å². The molecule has 0 radical (unpaired) electrons. The van der Waals surface area contributed by atoms with E-state index >= 15 is 0 Å². The molecule has 4 nitrogen and oxygen atoms in total. The van der Waals surface area contributed by atoms with Crippen molar-refractivity contribution in [2.45, 2.75) is 0 Å². The van der Waals surface area contributed by atoms with E-state index in [9.17, 15) is 0 Å². The fraction of sp³-hybridized carbons (Fsp3) is 0. The minimum Gasteiger partial charge on any atom is -0.311 e. The number of benzene rings is 8. The topological polar surface area (TPSA) is 55.8 Å². The molecule has 0 saturated heterocycles. The number of hydrogen-bond acceptors (Lipinski definition) is 3. The van der Waals surface area contributed by atoms with Gasteiger partial charge < -0.3 is 9.47 Å². The van der Waals surface area contributed by atoms with Crippen molar-refractivity contribution in [1.29, 1.82) is 10.5 Å². The molecule has 0 N–H and O–H groups in total. The lowest BCUT2D eigenvalue weighted by Crippen LogP contribution is -2.09. The lowest BCUT2D eigenvalue weighted by atomic mass is 9.99. The summed E-state index contributed by atoms with van der Waals surface area (Å²) in [6, 6.07) is 74.3. The van der Waals surface area contributed by atoms with Gasteiger partial charge in [0.1, 0.15) is 17.7 Å². The average molecular weight is 715 g/mol. The van der Waals surface area contributed by atoms with Gasteiger partial charge >= 0.3 is 0 Å². The molecule has 56 heavy (non-hydrogen) atoms. The fourth-order valence-corrected chi connectivity index (χ4v) is 7.52. The second-order valence-corrected chi connectivity index (χ2v) is 13.7. The minimum absolute atomic E-state index is 0.0898. The Morgan fingerprint density at radius 2 is 0.839 bits per heavy atom. The maximum absolute atomic E-state index is 9.06. The molecule has 1 aromatic heterocycles. The summed E-state index contributed by atoms with van der Waals surface area (Å²) in [5.41, 5.74) is 14.5. The molecule has 4 heteroatoms. The summed E-state index contributed by atoms with van der Waals surface area (Å²) in [6.07, 6.45) is 1.60. The predicted molar refractivity (Wildman–Crippen MR) is 231 cm³/mol. The third-order valence-corrected chi connectivity index (χ3v) is 10.3. The van der Waals surface area contributed by atoms with Gasteiger partial charge in [-0.3, -0.25) is 0 Å². The molecular weight excluding hydrogens is 681 g/mol. The third kappa shape index (κ3) is 6.49. The first kappa shape index (κ1) is 33.9. The van der Waals surface area contributed by atoms with Crippen molar-refractivity contribution in [2.75, 3.05) is 4.90 Å². The van der Waals surface area contributed by atoms with Gasteiger partial charge in [0, 0.05) is 33.5 Å². The van der Waals surface area contributed by atoms with Crippen LogP contribution in [-0.4, -0.2) is 4.57 Å². The van der Waals surface area contributed by atoms with Crippen LogP contribution >= 0.6 is 0 Å². The quantitative estimate of drug-likeness (QED) is 0.147. The van der Waals surface area contributed by atoms with E-state index in [4.69, 9.17) is 10.5 Å². The first-order chi connectivity index (χ1) is 27.7. The molecule has 0 unspecified atom stereocenters. The number of rotatable bonds is 8. The first-order valence-electron chi connectivity index (χ1n) is 18.5. The molecule has 0 atom stereocenters. The SMILES string of the molecule is N#CC(C#N)=Cc1ccc(-c2ccc(-c3ccc(N(c4ccccc4)c4ccc(-c5ccc6c(c5)c5ccccc5n6-c5ccccc5)cc4)cc3)cc2)cc1. The zero-order valence-electron chi connectivity index (χ0n) is 30.4. The number of anilines is 3. The molecule has 9 aromatic rings. The highest BCUT2D eigenvalue weighted by Crippen LogP contribution is 2.39. The van der Waals surface area contributed by atoms with E-state index in [-0.39, 0.29) is 5.57 Å². The highest BCUT2D eigenvalue weighted by atomic mass is 15.1. The number of fused-ring (bicyclic) bond motifs is 3. The van der Waals surface area contributed by atoms with Crippen LogP contribution in [0.5, 0.6) is 0 Å². The van der Waals surface area contributed by atoms with Crippen LogP contribution < -0.4 is 4.90 Å². The summed E-state index contributed by atoms with van der Waals surface area (Å²) in [5.74, 6) is 0. The summed E-state index contributed by atoms with van der Waals surface area (Å²) >= 11 is 0. The van der Waals surface area contributed by atoms with Crippen LogP contribution in [0.25, 0.3) is 66.9 Å². The summed E-state index contributed by atoms with van der Waals surface area (Å²) in [5, 5.41) is 20.6. The zero-order chi connectivity index (χ0) is 37.8. The van der Waals surface area contributed by atoms with E-state index in [0.717, 1.165) is 50.6 Å². The van der Waals surface area contributed by atoms with Gasteiger partial charge in [-0.2, -0.15) is 10.5 Å². The largest absolute Gasteiger partial charge is 0.311 e. The Labute approximate surface area is 326 Å². The van der Waals surface area contributed by atoms with Crippen molar-refractivity contribution in [3.8, 4) is 51.2 Å². The normalized spacial score (nSPS) is 10.8. The molecule has 0 aliphatic heterocycles. The Balaban J connectivity index is 0.992. The standard InChI is InChI=1S/C52H34N4/c53-35-38(36-54)33-37-15-17-39(18-16-37)40-19-21-41(22-20-40)42-23-28-47(29-24-42)55(45-9-3-1-4-10-45)48-30-25-43(26-31-48)44-27-32-52-50(34-44)49-13-7-8-14-51(49)56(52)46-11-5-2-6-12-46/h1-34H. The first-order valence-corrected chi connectivity index (χ1v) is 18.5. The number of aromatic nitrogens is 1. The number of hydrogen-bond donors (Lipinski definition) is 0. The van der Waals surface area contributed by atoms with Crippen molar-refractivity contribution >= 4 is 44.9 Å². The van der Waals surface area contributed by atoms with Gasteiger partial charge in [-0.05, 0) is 112 Å².